The Labute approximate surface area is 116 Å². The maximum absolute atomic E-state index is 12.8. The summed E-state index contributed by atoms with van der Waals surface area (Å²) in [6, 6.07) is 14.1. The number of aryl methyl sites for hydroxylation is 1. The maximum Gasteiger partial charge on any atom is 0.264 e. The van der Waals surface area contributed by atoms with Crippen molar-refractivity contribution in [3.63, 3.8) is 0 Å². The summed E-state index contributed by atoms with van der Waals surface area (Å²) in [6.45, 7) is 2.01. The number of nitrogens with zero attached hydrogens (tertiary/aromatic N) is 1. The van der Waals surface area contributed by atoms with Crippen molar-refractivity contribution >= 4 is 6.21 Å². The molecule has 4 heteroatoms. The molecule has 0 aliphatic carbocycles. The Balaban J connectivity index is 1.96. The number of halogens is 2. The smallest absolute Gasteiger partial charge is 0.264 e. The molecule has 0 amide bonds. The predicted molar refractivity (Wildman–Crippen MR) is 75.0 cm³/mol. The molecule has 2 aromatic carbocycles. The fraction of sp³-hybridized carbons (Fsp3) is 0.188. The van der Waals surface area contributed by atoms with Crippen molar-refractivity contribution in [1.82, 2.24) is 0 Å². The Morgan fingerprint density at radius 1 is 1.15 bits per heavy atom. The summed E-state index contributed by atoms with van der Waals surface area (Å²) >= 11 is 0. The van der Waals surface area contributed by atoms with Gasteiger partial charge in [-0.25, -0.2) is 8.78 Å². The van der Waals surface area contributed by atoms with E-state index in [0.29, 0.717) is 5.56 Å². The van der Waals surface area contributed by atoms with Gasteiger partial charge < -0.3 is 4.84 Å². The fourth-order valence-electron chi connectivity index (χ4n) is 1.83. The van der Waals surface area contributed by atoms with Crippen LogP contribution in [-0.2, 0) is 11.4 Å². The number of rotatable bonds is 5. The number of alkyl halides is 2. The molecule has 2 aromatic rings. The first kappa shape index (κ1) is 14.2. The minimum atomic E-state index is -2.50. The molecule has 0 aliphatic heterocycles. The van der Waals surface area contributed by atoms with Gasteiger partial charge in [0, 0.05) is 11.1 Å². The number of hydrogen-bond acceptors (Lipinski definition) is 2. The van der Waals surface area contributed by atoms with E-state index < -0.39 is 6.43 Å². The molecule has 0 heterocycles. The van der Waals surface area contributed by atoms with Crippen LogP contribution in [0.5, 0.6) is 0 Å². The van der Waals surface area contributed by atoms with Gasteiger partial charge in [-0.2, -0.15) is 0 Å². The molecule has 0 aromatic heterocycles. The Hall–Kier alpha value is -2.23. The summed E-state index contributed by atoms with van der Waals surface area (Å²) in [5, 5.41) is 3.81. The highest BCUT2D eigenvalue weighted by Crippen LogP contribution is 2.23. The second kappa shape index (κ2) is 6.80. The predicted octanol–water partition coefficient (Wildman–Crippen LogP) is 4.48. The van der Waals surface area contributed by atoms with Gasteiger partial charge in [-0.1, -0.05) is 59.3 Å². The van der Waals surface area contributed by atoms with Gasteiger partial charge in [0.05, 0.1) is 6.21 Å². The lowest BCUT2D eigenvalue weighted by atomic mass is 10.1. The molecular weight excluding hydrogens is 260 g/mol. The van der Waals surface area contributed by atoms with Crippen LogP contribution < -0.4 is 0 Å². The van der Waals surface area contributed by atoms with Crippen LogP contribution in [0.1, 0.15) is 28.7 Å². The molecule has 20 heavy (non-hydrogen) atoms. The standard InChI is InChI=1S/C16H15F2NO/c1-12-5-4-6-13(9-12)10-19-20-11-14-7-2-3-8-15(14)16(17)18/h2-10,16H,11H2,1H3. The highest BCUT2D eigenvalue weighted by Gasteiger charge is 2.11. The van der Waals surface area contributed by atoms with Crippen molar-refractivity contribution in [2.45, 2.75) is 20.0 Å². The summed E-state index contributed by atoms with van der Waals surface area (Å²) in [4.78, 5) is 5.09. The summed E-state index contributed by atoms with van der Waals surface area (Å²) in [6.07, 6.45) is -0.937. The van der Waals surface area contributed by atoms with Crippen LogP contribution in [-0.4, -0.2) is 6.21 Å². The Morgan fingerprint density at radius 3 is 2.70 bits per heavy atom. The molecule has 0 unspecified atom stereocenters. The van der Waals surface area contributed by atoms with Crippen LogP contribution in [0.4, 0.5) is 8.78 Å². The third-order valence-electron chi connectivity index (χ3n) is 2.83. The van der Waals surface area contributed by atoms with Gasteiger partial charge in [-0.3, -0.25) is 0 Å². The lowest BCUT2D eigenvalue weighted by molar-refractivity contribution is 0.120. The first-order chi connectivity index (χ1) is 9.66. The van der Waals surface area contributed by atoms with E-state index >= 15 is 0 Å². The molecule has 0 N–H and O–H groups in total. The largest absolute Gasteiger partial charge is 0.391 e. The van der Waals surface area contributed by atoms with Gasteiger partial charge in [-0.15, -0.1) is 0 Å². The van der Waals surface area contributed by atoms with Crippen LogP contribution in [0.25, 0.3) is 0 Å². The zero-order chi connectivity index (χ0) is 14.4. The lowest BCUT2D eigenvalue weighted by Gasteiger charge is -2.06. The molecule has 0 fully saturated rings. The minimum absolute atomic E-state index is 0.0155. The molecule has 0 radical (unpaired) electrons. The van der Waals surface area contributed by atoms with Gasteiger partial charge in [0.25, 0.3) is 6.43 Å². The molecule has 104 valence electrons. The molecule has 0 bridgehead atoms. The molecule has 2 rings (SSSR count). The lowest BCUT2D eigenvalue weighted by Crippen LogP contribution is -1.96. The SMILES string of the molecule is Cc1cccc(C=NOCc2ccccc2C(F)F)c1. The van der Waals surface area contributed by atoms with Gasteiger partial charge in [0.15, 0.2) is 0 Å². The third-order valence-corrected chi connectivity index (χ3v) is 2.83. The molecule has 0 saturated carbocycles. The molecule has 2 nitrogen and oxygen atoms in total. The summed E-state index contributed by atoms with van der Waals surface area (Å²) < 4.78 is 25.5. The Bertz CT molecular complexity index is 597. The Morgan fingerprint density at radius 2 is 1.95 bits per heavy atom. The first-order valence-corrected chi connectivity index (χ1v) is 6.25. The molecule has 0 saturated heterocycles. The van der Waals surface area contributed by atoms with E-state index in [4.69, 9.17) is 4.84 Å². The van der Waals surface area contributed by atoms with E-state index in [2.05, 4.69) is 5.16 Å². The average molecular weight is 275 g/mol. The van der Waals surface area contributed by atoms with Crippen LogP contribution in [0.15, 0.2) is 53.7 Å². The van der Waals surface area contributed by atoms with E-state index in [0.717, 1.165) is 11.1 Å². The topological polar surface area (TPSA) is 21.6 Å². The van der Waals surface area contributed by atoms with E-state index in [9.17, 15) is 8.78 Å². The van der Waals surface area contributed by atoms with Crippen molar-refractivity contribution in [2.24, 2.45) is 5.16 Å². The molecule has 0 aliphatic rings. The van der Waals surface area contributed by atoms with Gasteiger partial charge in [0.1, 0.15) is 6.61 Å². The molecular formula is C16H15F2NO. The fourth-order valence-corrected chi connectivity index (χ4v) is 1.83. The number of benzene rings is 2. The van der Waals surface area contributed by atoms with E-state index in [1.807, 2.05) is 31.2 Å². The second-order valence-corrected chi connectivity index (χ2v) is 4.42. The summed E-state index contributed by atoms with van der Waals surface area (Å²) in [7, 11) is 0. The van der Waals surface area contributed by atoms with Crippen molar-refractivity contribution in [1.29, 1.82) is 0 Å². The quantitative estimate of drug-likeness (QED) is 0.582. The normalized spacial score (nSPS) is 11.2. The Kier molecular flexibility index (Phi) is 4.82. The first-order valence-electron chi connectivity index (χ1n) is 6.25. The van der Waals surface area contributed by atoms with Crippen molar-refractivity contribution in [3.8, 4) is 0 Å². The highest BCUT2D eigenvalue weighted by atomic mass is 19.3. The zero-order valence-electron chi connectivity index (χ0n) is 11.1. The van der Waals surface area contributed by atoms with Crippen LogP contribution in [0.3, 0.4) is 0 Å². The molecule has 0 spiro atoms. The summed E-state index contributed by atoms with van der Waals surface area (Å²) in [5.74, 6) is 0. The van der Waals surface area contributed by atoms with E-state index in [-0.39, 0.29) is 12.2 Å². The second-order valence-electron chi connectivity index (χ2n) is 4.42. The minimum Gasteiger partial charge on any atom is -0.391 e. The van der Waals surface area contributed by atoms with Crippen molar-refractivity contribution in [2.75, 3.05) is 0 Å². The third kappa shape index (κ3) is 3.88. The number of oxime groups is 1. The maximum atomic E-state index is 12.8. The monoisotopic (exact) mass is 275 g/mol. The van der Waals surface area contributed by atoms with Gasteiger partial charge >= 0.3 is 0 Å². The summed E-state index contributed by atoms with van der Waals surface area (Å²) in [5.41, 5.74) is 2.46. The van der Waals surface area contributed by atoms with Crippen LogP contribution >= 0.6 is 0 Å². The van der Waals surface area contributed by atoms with Gasteiger partial charge in [-0.05, 0) is 12.5 Å². The van der Waals surface area contributed by atoms with E-state index in [1.165, 1.54) is 6.07 Å². The van der Waals surface area contributed by atoms with Crippen molar-refractivity contribution < 1.29 is 13.6 Å². The van der Waals surface area contributed by atoms with Crippen LogP contribution in [0, 0.1) is 6.92 Å². The van der Waals surface area contributed by atoms with Crippen LogP contribution in [0.2, 0.25) is 0 Å². The number of hydrogen-bond donors (Lipinski definition) is 0. The average Bonchev–Trinajstić information content (AvgIpc) is 2.44. The molecule has 0 atom stereocenters. The van der Waals surface area contributed by atoms with Crippen molar-refractivity contribution in [3.05, 3.63) is 70.8 Å². The van der Waals surface area contributed by atoms with E-state index in [1.54, 1.807) is 24.4 Å². The highest BCUT2D eigenvalue weighted by molar-refractivity contribution is 5.79. The van der Waals surface area contributed by atoms with Gasteiger partial charge in [0.2, 0.25) is 0 Å². The zero-order valence-corrected chi connectivity index (χ0v) is 11.1.